The molecule has 0 amide bonds. The first-order chi connectivity index (χ1) is 13.7. The van der Waals surface area contributed by atoms with E-state index in [2.05, 4.69) is 52.0 Å². The molecule has 1 aromatic rings. The van der Waals surface area contributed by atoms with Crippen LogP contribution in [0.2, 0.25) is 12.1 Å². The summed E-state index contributed by atoms with van der Waals surface area (Å²) >= 11 is 0. The molecule has 0 saturated carbocycles. The lowest BCUT2D eigenvalue weighted by molar-refractivity contribution is -0.129. The molecule has 0 atom stereocenters. The Bertz CT molecular complexity index is 411. The first-order valence-corrected chi connectivity index (χ1v) is 13.2. The Labute approximate surface area is 177 Å². The van der Waals surface area contributed by atoms with E-state index in [0.717, 1.165) is 64.2 Å². The molecule has 28 heavy (non-hydrogen) atoms. The van der Waals surface area contributed by atoms with Crippen LogP contribution in [0, 0.1) is 0 Å². The van der Waals surface area contributed by atoms with Crippen LogP contribution in [0.4, 0.5) is 0 Å². The van der Waals surface area contributed by atoms with Crippen molar-refractivity contribution in [3.63, 3.8) is 0 Å². The zero-order chi connectivity index (χ0) is 20.5. The quantitative estimate of drug-likeness (QED) is 0.268. The predicted octanol–water partition coefficient (Wildman–Crippen LogP) is 3.54. The van der Waals surface area contributed by atoms with Crippen molar-refractivity contribution in [3.05, 3.63) is 24.3 Å². The summed E-state index contributed by atoms with van der Waals surface area (Å²) in [5.74, 6) is 0. The normalized spacial score (nSPS) is 11.6. The fourth-order valence-electron chi connectivity index (χ4n) is 2.44. The number of hydrogen-bond donors (Lipinski definition) is 0. The van der Waals surface area contributed by atoms with Crippen LogP contribution in [0.1, 0.15) is 53.4 Å². The van der Waals surface area contributed by atoms with Crippen LogP contribution in [0.5, 0.6) is 0 Å². The van der Waals surface area contributed by atoms with Crippen LogP contribution in [0.25, 0.3) is 0 Å². The topological polar surface area (TPSA) is 36.9 Å². The van der Waals surface area contributed by atoms with E-state index in [1.165, 1.54) is 10.4 Å². The van der Waals surface area contributed by atoms with E-state index >= 15 is 0 Å². The maximum Gasteiger partial charge on any atom is 0.155 e. The van der Waals surface area contributed by atoms with Gasteiger partial charge in [0.25, 0.3) is 0 Å². The van der Waals surface area contributed by atoms with Gasteiger partial charge in [-0.05, 0) is 37.8 Å². The molecular weight excluding hydrogens is 384 g/mol. The molecule has 1 rings (SSSR count). The van der Waals surface area contributed by atoms with Gasteiger partial charge < -0.3 is 18.9 Å². The molecule has 0 N–H and O–H groups in total. The van der Waals surface area contributed by atoms with Crippen LogP contribution in [0.3, 0.4) is 0 Å². The zero-order valence-corrected chi connectivity index (χ0v) is 20.2. The van der Waals surface area contributed by atoms with Gasteiger partial charge in [0.1, 0.15) is 0 Å². The summed E-state index contributed by atoms with van der Waals surface area (Å²) < 4.78 is 23.3. The maximum absolute atomic E-state index is 5.83. The highest BCUT2D eigenvalue weighted by Crippen LogP contribution is 2.05. The number of hydrogen-bond acceptors (Lipinski definition) is 4. The highest BCUT2D eigenvalue weighted by molar-refractivity contribution is 6.55. The largest absolute Gasteiger partial charge is 0.353 e. The minimum atomic E-state index is -0.0769. The molecule has 0 bridgehead atoms. The van der Waals surface area contributed by atoms with Gasteiger partial charge in [0.2, 0.25) is 0 Å². The van der Waals surface area contributed by atoms with Crippen molar-refractivity contribution in [2.75, 3.05) is 26.4 Å². The van der Waals surface area contributed by atoms with Gasteiger partial charge in [-0.2, -0.15) is 0 Å². The van der Waals surface area contributed by atoms with Gasteiger partial charge in [-0.1, -0.05) is 62.3 Å². The highest BCUT2D eigenvalue weighted by Gasteiger charge is 2.12. The Hall–Kier alpha value is -0.506. The van der Waals surface area contributed by atoms with Crippen molar-refractivity contribution >= 4 is 29.4 Å². The number of benzene rings is 1. The lowest BCUT2D eigenvalue weighted by atomic mass is 10.4. The molecule has 6 heteroatoms. The molecule has 1 aromatic carbocycles. The number of ether oxygens (including phenoxy) is 4. The van der Waals surface area contributed by atoms with E-state index in [4.69, 9.17) is 18.9 Å². The second-order valence-electron chi connectivity index (χ2n) is 6.68. The summed E-state index contributed by atoms with van der Waals surface area (Å²) in [6.45, 7) is 11.6. The first-order valence-electron chi connectivity index (χ1n) is 10.8. The molecule has 0 aliphatic rings. The lowest BCUT2D eigenvalue weighted by Crippen LogP contribution is -2.28. The smallest absolute Gasteiger partial charge is 0.155 e. The average Bonchev–Trinajstić information content (AvgIpc) is 2.73. The standard InChI is InChI=1S/C22H38O4Si2/c1-5-13-23-21(24-14-6-2)17-27-19-9-11-20(12-10-19)28-18-22(25-15-7-3)26-16-8-4/h9-12,21-22H,5-8,13-18H2,1-4H3. The maximum atomic E-state index is 5.83. The van der Waals surface area contributed by atoms with E-state index in [9.17, 15) is 0 Å². The van der Waals surface area contributed by atoms with Crippen LogP contribution >= 0.6 is 0 Å². The van der Waals surface area contributed by atoms with Gasteiger partial charge in [0.05, 0.1) is 19.0 Å². The monoisotopic (exact) mass is 422 g/mol. The minimum Gasteiger partial charge on any atom is -0.353 e. The van der Waals surface area contributed by atoms with Crippen molar-refractivity contribution < 1.29 is 18.9 Å². The van der Waals surface area contributed by atoms with Crippen molar-refractivity contribution in [1.29, 1.82) is 0 Å². The van der Waals surface area contributed by atoms with E-state index < -0.39 is 0 Å². The fourth-order valence-corrected chi connectivity index (χ4v) is 4.52. The van der Waals surface area contributed by atoms with Gasteiger partial charge in [0, 0.05) is 26.4 Å². The van der Waals surface area contributed by atoms with E-state index in [1.54, 1.807) is 0 Å². The Morgan fingerprint density at radius 2 is 0.857 bits per heavy atom. The van der Waals surface area contributed by atoms with Gasteiger partial charge in [-0.3, -0.25) is 0 Å². The molecule has 0 aliphatic heterocycles. The first kappa shape index (κ1) is 25.5. The van der Waals surface area contributed by atoms with Gasteiger partial charge in [0.15, 0.2) is 12.6 Å². The van der Waals surface area contributed by atoms with Crippen LogP contribution in [-0.2, 0) is 18.9 Å². The summed E-state index contributed by atoms with van der Waals surface area (Å²) in [5, 5.41) is 2.72. The second kappa shape index (κ2) is 17.4. The summed E-state index contributed by atoms with van der Waals surface area (Å²) in [4.78, 5) is 0. The molecule has 0 aliphatic carbocycles. The van der Waals surface area contributed by atoms with Crippen LogP contribution in [0.15, 0.2) is 24.3 Å². The lowest BCUT2D eigenvalue weighted by Gasteiger charge is -2.18. The molecule has 0 aromatic heterocycles. The molecule has 0 spiro atoms. The van der Waals surface area contributed by atoms with Gasteiger partial charge >= 0.3 is 0 Å². The Morgan fingerprint density at radius 3 is 1.11 bits per heavy atom. The molecular formula is C22H38O4Si2. The van der Waals surface area contributed by atoms with Gasteiger partial charge in [-0.15, -0.1) is 0 Å². The van der Waals surface area contributed by atoms with E-state index in [1.807, 2.05) is 0 Å². The molecule has 4 radical (unpaired) electrons. The summed E-state index contributed by atoms with van der Waals surface area (Å²) in [6.07, 6.45) is 3.94. The molecule has 0 heterocycles. The summed E-state index contributed by atoms with van der Waals surface area (Å²) in [6, 6.07) is 10.8. The summed E-state index contributed by atoms with van der Waals surface area (Å²) in [5.41, 5.74) is 0. The fraction of sp³-hybridized carbons (Fsp3) is 0.727. The Morgan fingerprint density at radius 1 is 0.571 bits per heavy atom. The highest BCUT2D eigenvalue weighted by atomic mass is 28.2. The molecule has 4 nitrogen and oxygen atoms in total. The van der Waals surface area contributed by atoms with Crippen molar-refractivity contribution in [2.24, 2.45) is 0 Å². The zero-order valence-electron chi connectivity index (χ0n) is 18.2. The van der Waals surface area contributed by atoms with Crippen LogP contribution in [-0.4, -0.2) is 58.0 Å². The third-order valence-corrected chi connectivity index (χ3v) is 6.42. The van der Waals surface area contributed by atoms with E-state index in [-0.39, 0.29) is 12.6 Å². The van der Waals surface area contributed by atoms with E-state index in [0.29, 0.717) is 19.0 Å². The average molecular weight is 423 g/mol. The van der Waals surface area contributed by atoms with Gasteiger partial charge in [-0.25, -0.2) is 0 Å². The molecule has 0 fully saturated rings. The van der Waals surface area contributed by atoms with Crippen molar-refractivity contribution in [3.8, 4) is 0 Å². The third kappa shape index (κ3) is 12.1. The second-order valence-corrected chi connectivity index (χ2v) is 9.36. The number of rotatable bonds is 18. The van der Waals surface area contributed by atoms with Crippen molar-refractivity contribution in [2.45, 2.75) is 78.0 Å². The predicted molar refractivity (Wildman–Crippen MR) is 119 cm³/mol. The SMILES string of the molecule is CCCOC(C[Si]c1ccc([Si]CC(OCCC)OCCC)cc1)OCCC. The molecule has 0 unspecified atom stereocenters. The Balaban J connectivity index is 2.43. The molecule has 0 saturated heterocycles. The Kier molecular flexibility index (Phi) is 15.8. The van der Waals surface area contributed by atoms with Crippen molar-refractivity contribution in [1.82, 2.24) is 0 Å². The minimum absolute atomic E-state index is 0.0769. The van der Waals surface area contributed by atoms with Crippen LogP contribution < -0.4 is 10.4 Å². The molecule has 158 valence electrons. The summed E-state index contributed by atoms with van der Waals surface area (Å²) in [7, 11) is 1.41. The third-order valence-electron chi connectivity index (χ3n) is 3.86.